The first kappa shape index (κ1) is 17.5. The van der Waals surface area contributed by atoms with Crippen LogP contribution < -0.4 is 10.1 Å². The lowest BCUT2D eigenvalue weighted by molar-refractivity contribution is -0.123. The fourth-order valence-corrected chi connectivity index (χ4v) is 2.80. The van der Waals surface area contributed by atoms with Crippen LogP contribution in [-0.4, -0.2) is 25.2 Å². The maximum atomic E-state index is 11.9. The van der Waals surface area contributed by atoms with E-state index in [9.17, 15) is 4.79 Å². The molecule has 0 heterocycles. The summed E-state index contributed by atoms with van der Waals surface area (Å²) in [6.07, 6.45) is 1.80. The van der Waals surface area contributed by atoms with E-state index in [1.54, 1.807) is 0 Å². The maximum Gasteiger partial charge on any atom is 0.225 e. The summed E-state index contributed by atoms with van der Waals surface area (Å²) >= 11 is 0. The summed E-state index contributed by atoms with van der Waals surface area (Å²) in [5.74, 6) is 1.02. The van der Waals surface area contributed by atoms with Gasteiger partial charge in [-0.3, -0.25) is 4.79 Å². The standard InChI is InChI=1S/C21H25NO3/c1-2-24-20-14-19(20)21(23)22-13-12-16-8-10-18(11-9-16)25-15-17-6-4-3-5-7-17/h3-11,19-20H,2,12-15H2,1H3,(H,22,23). The Bertz CT molecular complexity index is 669. The Morgan fingerprint density at radius 3 is 2.56 bits per heavy atom. The van der Waals surface area contributed by atoms with Crippen LogP contribution in [0.15, 0.2) is 54.6 Å². The number of rotatable bonds is 9. The summed E-state index contributed by atoms with van der Waals surface area (Å²) in [7, 11) is 0. The van der Waals surface area contributed by atoms with Crippen molar-refractivity contribution in [2.45, 2.75) is 32.5 Å². The zero-order chi connectivity index (χ0) is 17.5. The first-order chi connectivity index (χ1) is 12.3. The molecule has 1 aliphatic rings. The van der Waals surface area contributed by atoms with Gasteiger partial charge in [0.1, 0.15) is 12.4 Å². The van der Waals surface area contributed by atoms with Gasteiger partial charge in [-0.2, -0.15) is 0 Å². The van der Waals surface area contributed by atoms with E-state index in [0.717, 1.165) is 24.2 Å². The van der Waals surface area contributed by atoms with Gasteiger partial charge in [0.25, 0.3) is 0 Å². The quantitative estimate of drug-likeness (QED) is 0.762. The number of hydrogen-bond acceptors (Lipinski definition) is 3. The highest BCUT2D eigenvalue weighted by Crippen LogP contribution is 2.33. The second-order valence-corrected chi connectivity index (χ2v) is 6.30. The molecule has 3 rings (SSSR count). The normalized spacial score (nSPS) is 18.6. The molecule has 1 N–H and O–H groups in total. The number of ether oxygens (including phenoxy) is 2. The Hall–Kier alpha value is -2.33. The molecule has 0 bridgehead atoms. The van der Waals surface area contributed by atoms with E-state index in [1.807, 2.05) is 61.5 Å². The van der Waals surface area contributed by atoms with E-state index in [2.05, 4.69) is 5.32 Å². The molecule has 1 saturated carbocycles. The van der Waals surface area contributed by atoms with Gasteiger partial charge in [-0.05, 0) is 43.0 Å². The van der Waals surface area contributed by atoms with Crippen LogP contribution >= 0.6 is 0 Å². The number of amides is 1. The smallest absolute Gasteiger partial charge is 0.225 e. The average molecular weight is 339 g/mol. The zero-order valence-electron chi connectivity index (χ0n) is 14.6. The van der Waals surface area contributed by atoms with Gasteiger partial charge in [-0.25, -0.2) is 0 Å². The van der Waals surface area contributed by atoms with Gasteiger partial charge >= 0.3 is 0 Å². The van der Waals surface area contributed by atoms with Gasteiger partial charge in [0.2, 0.25) is 5.91 Å². The van der Waals surface area contributed by atoms with Crippen LogP contribution in [-0.2, 0) is 22.6 Å². The third-order valence-electron chi connectivity index (χ3n) is 4.33. The number of carbonyl (C=O) groups is 1. The van der Waals surface area contributed by atoms with Gasteiger partial charge in [0, 0.05) is 13.2 Å². The van der Waals surface area contributed by atoms with Gasteiger partial charge in [0.15, 0.2) is 0 Å². The second kappa shape index (κ2) is 8.67. The van der Waals surface area contributed by atoms with Crippen molar-refractivity contribution in [2.24, 2.45) is 5.92 Å². The third kappa shape index (κ3) is 5.33. The van der Waals surface area contributed by atoms with Crippen LogP contribution in [0, 0.1) is 5.92 Å². The van der Waals surface area contributed by atoms with Gasteiger partial charge in [-0.1, -0.05) is 42.5 Å². The van der Waals surface area contributed by atoms with Crippen molar-refractivity contribution in [2.75, 3.05) is 13.2 Å². The summed E-state index contributed by atoms with van der Waals surface area (Å²) in [4.78, 5) is 11.9. The fraction of sp³-hybridized carbons (Fsp3) is 0.381. The van der Waals surface area contributed by atoms with Crippen LogP contribution in [0.25, 0.3) is 0 Å². The molecule has 1 fully saturated rings. The van der Waals surface area contributed by atoms with Crippen molar-refractivity contribution < 1.29 is 14.3 Å². The molecule has 0 aliphatic heterocycles. The van der Waals surface area contributed by atoms with E-state index in [4.69, 9.17) is 9.47 Å². The molecule has 2 atom stereocenters. The minimum Gasteiger partial charge on any atom is -0.489 e. The molecular formula is C21H25NO3. The third-order valence-corrected chi connectivity index (χ3v) is 4.33. The van der Waals surface area contributed by atoms with Crippen molar-refractivity contribution >= 4 is 5.91 Å². The van der Waals surface area contributed by atoms with Gasteiger partial charge in [-0.15, -0.1) is 0 Å². The number of nitrogens with one attached hydrogen (secondary N) is 1. The Kier molecular flexibility index (Phi) is 6.07. The summed E-state index contributed by atoms with van der Waals surface area (Å²) in [5, 5.41) is 2.99. The Labute approximate surface area is 149 Å². The fourth-order valence-electron chi connectivity index (χ4n) is 2.80. The van der Waals surface area contributed by atoms with Crippen LogP contribution in [0.5, 0.6) is 5.75 Å². The topological polar surface area (TPSA) is 47.6 Å². The lowest BCUT2D eigenvalue weighted by Crippen LogP contribution is -2.28. The number of benzene rings is 2. The molecule has 2 aromatic carbocycles. The molecule has 1 aliphatic carbocycles. The number of hydrogen-bond donors (Lipinski definition) is 1. The molecule has 2 unspecified atom stereocenters. The Balaban J connectivity index is 1.37. The van der Waals surface area contributed by atoms with Crippen molar-refractivity contribution in [1.82, 2.24) is 5.32 Å². The molecule has 132 valence electrons. The van der Waals surface area contributed by atoms with E-state index >= 15 is 0 Å². The highest BCUT2D eigenvalue weighted by atomic mass is 16.5. The second-order valence-electron chi connectivity index (χ2n) is 6.30. The first-order valence-corrected chi connectivity index (χ1v) is 8.91. The molecule has 0 spiro atoms. The lowest BCUT2D eigenvalue weighted by atomic mass is 10.1. The monoisotopic (exact) mass is 339 g/mol. The van der Waals surface area contributed by atoms with Crippen molar-refractivity contribution in [1.29, 1.82) is 0 Å². The number of carbonyl (C=O) groups excluding carboxylic acids is 1. The highest BCUT2D eigenvalue weighted by molar-refractivity contribution is 5.82. The van der Waals surface area contributed by atoms with Crippen molar-refractivity contribution in [3.63, 3.8) is 0 Å². The molecular weight excluding hydrogens is 314 g/mol. The zero-order valence-corrected chi connectivity index (χ0v) is 14.6. The van der Waals surface area contributed by atoms with E-state index in [1.165, 1.54) is 5.56 Å². The van der Waals surface area contributed by atoms with Crippen LogP contribution in [0.1, 0.15) is 24.5 Å². The van der Waals surface area contributed by atoms with Gasteiger partial charge < -0.3 is 14.8 Å². The van der Waals surface area contributed by atoms with Gasteiger partial charge in [0.05, 0.1) is 12.0 Å². The largest absolute Gasteiger partial charge is 0.489 e. The summed E-state index contributed by atoms with van der Waals surface area (Å²) in [6.45, 7) is 3.85. The predicted octanol–water partition coefficient (Wildman–Crippen LogP) is 3.35. The Morgan fingerprint density at radius 1 is 1.08 bits per heavy atom. The molecule has 0 aromatic heterocycles. The van der Waals surface area contributed by atoms with Crippen molar-refractivity contribution in [3.8, 4) is 5.75 Å². The lowest BCUT2D eigenvalue weighted by Gasteiger charge is -2.08. The first-order valence-electron chi connectivity index (χ1n) is 8.91. The predicted molar refractivity (Wildman–Crippen MR) is 97.5 cm³/mol. The molecule has 0 saturated heterocycles. The summed E-state index contributed by atoms with van der Waals surface area (Å²) < 4.78 is 11.2. The minimum atomic E-state index is 0.0497. The van der Waals surface area contributed by atoms with E-state index < -0.39 is 0 Å². The van der Waals surface area contributed by atoms with Crippen LogP contribution in [0.3, 0.4) is 0 Å². The van der Waals surface area contributed by atoms with Crippen LogP contribution in [0.4, 0.5) is 0 Å². The summed E-state index contributed by atoms with van der Waals surface area (Å²) in [6, 6.07) is 18.2. The molecule has 4 nitrogen and oxygen atoms in total. The Morgan fingerprint density at radius 2 is 1.84 bits per heavy atom. The molecule has 25 heavy (non-hydrogen) atoms. The van der Waals surface area contributed by atoms with E-state index in [-0.39, 0.29) is 17.9 Å². The average Bonchev–Trinajstić information content (AvgIpc) is 3.42. The molecule has 4 heteroatoms. The molecule has 1 amide bonds. The van der Waals surface area contributed by atoms with E-state index in [0.29, 0.717) is 19.8 Å². The molecule has 0 radical (unpaired) electrons. The summed E-state index contributed by atoms with van der Waals surface area (Å²) in [5.41, 5.74) is 2.34. The van der Waals surface area contributed by atoms with Crippen LogP contribution in [0.2, 0.25) is 0 Å². The SMILES string of the molecule is CCOC1CC1C(=O)NCCc1ccc(OCc2ccccc2)cc1. The van der Waals surface area contributed by atoms with Crippen molar-refractivity contribution in [3.05, 3.63) is 65.7 Å². The minimum absolute atomic E-state index is 0.0497. The molecule has 2 aromatic rings. The maximum absolute atomic E-state index is 11.9. The highest BCUT2D eigenvalue weighted by Gasteiger charge is 2.43.